The Morgan fingerprint density at radius 2 is 1.79 bits per heavy atom. The number of piperidine rings is 1. The highest BCUT2D eigenvalue weighted by atomic mass is 32.1. The molecule has 2 aliphatic carbocycles. The molecule has 2 N–H and O–H groups in total. The van der Waals surface area contributed by atoms with Crippen LogP contribution in [0.3, 0.4) is 0 Å². The van der Waals surface area contributed by atoms with E-state index in [9.17, 15) is 0 Å². The van der Waals surface area contributed by atoms with Gasteiger partial charge in [-0.05, 0) is 86.3 Å². The van der Waals surface area contributed by atoms with E-state index in [1.54, 1.807) is 0 Å². The monoisotopic (exact) mass is 343 g/mol. The standard InChI is InChI=1S/C20H29N3S/c1-14-8-10-23(11-9-14)18-6-4-17(5-7-18)21-20(24)22-19-13-15-2-3-16(19)12-15/h4-7,14-16,19H,2-3,8-13H2,1H3,(H2,21,22,24). The van der Waals surface area contributed by atoms with Gasteiger partial charge in [0, 0.05) is 30.5 Å². The molecular formula is C20H29N3S. The molecule has 24 heavy (non-hydrogen) atoms. The molecule has 130 valence electrons. The molecule has 3 unspecified atom stereocenters. The van der Waals surface area contributed by atoms with Crippen LogP contribution in [0.5, 0.6) is 0 Å². The van der Waals surface area contributed by atoms with E-state index in [1.165, 1.54) is 57.3 Å². The van der Waals surface area contributed by atoms with E-state index < -0.39 is 0 Å². The fraction of sp³-hybridized carbons (Fsp3) is 0.650. The fourth-order valence-corrected chi connectivity index (χ4v) is 5.05. The minimum absolute atomic E-state index is 0.596. The van der Waals surface area contributed by atoms with Crippen LogP contribution in [-0.4, -0.2) is 24.2 Å². The molecule has 3 aliphatic rings. The van der Waals surface area contributed by atoms with Crippen LogP contribution >= 0.6 is 12.2 Å². The zero-order valence-corrected chi connectivity index (χ0v) is 15.4. The molecule has 3 fully saturated rings. The molecule has 0 amide bonds. The van der Waals surface area contributed by atoms with E-state index in [1.807, 2.05) is 0 Å². The molecular weight excluding hydrogens is 314 g/mol. The average molecular weight is 344 g/mol. The molecule has 1 aromatic rings. The summed E-state index contributed by atoms with van der Waals surface area (Å²) in [5.74, 6) is 2.66. The van der Waals surface area contributed by atoms with Gasteiger partial charge in [-0.25, -0.2) is 0 Å². The lowest BCUT2D eigenvalue weighted by Gasteiger charge is -2.32. The second kappa shape index (κ2) is 6.91. The Morgan fingerprint density at radius 3 is 2.42 bits per heavy atom. The summed E-state index contributed by atoms with van der Waals surface area (Å²) < 4.78 is 0. The van der Waals surface area contributed by atoms with Crippen molar-refractivity contribution in [2.45, 2.75) is 51.5 Å². The first-order chi connectivity index (χ1) is 11.7. The largest absolute Gasteiger partial charge is 0.372 e. The smallest absolute Gasteiger partial charge is 0.171 e. The van der Waals surface area contributed by atoms with Crippen LogP contribution in [0.4, 0.5) is 11.4 Å². The second-order valence-electron chi connectivity index (χ2n) is 8.10. The maximum Gasteiger partial charge on any atom is 0.171 e. The lowest BCUT2D eigenvalue weighted by atomic mass is 9.96. The summed E-state index contributed by atoms with van der Waals surface area (Å²) in [6.45, 7) is 4.71. The maximum atomic E-state index is 5.53. The number of benzene rings is 1. The van der Waals surface area contributed by atoms with Gasteiger partial charge in [0.05, 0.1) is 0 Å². The zero-order valence-electron chi connectivity index (χ0n) is 14.6. The van der Waals surface area contributed by atoms with Crippen LogP contribution in [0, 0.1) is 17.8 Å². The molecule has 1 heterocycles. The van der Waals surface area contributed by atoms with Crippen LogP contribution in [0.1, 0.15) is 45.4 Å². The maximum absolute atomic E-state index is 5.53. The molecule has 4 heteroatoms. The van der Waals surface area contributed by atoms with E-state index in [-0.39, 0.29) is 0 Å². The molecule has 1 aromatic carbocycles. The Bertz CT molecular complexity index is 577. The topological polar surface area (TPSA) is 27.3 Å². The molecule has 0 spiro atoms. The summed E-state index contributed by atoms with van der Waals surface area (Å²) in [5.41, 5.74) is 2.42. The quantitative estimate of drug-likeness (QED) is 0.796. The van der Waals surface area contributed by atoms with Gasteiger partial charge in [0.15, 0.2) is 5.11 Å². The Hall–Kier alpha value is -1.29. The second-order valence-corrected chi connectivity index (χ2v) is 8.50. The SMILES string of the molecule is CC1CCN(c2ccc(NC(=S)NC3CC4CCC3C4)cc2)CC1. The van der Waals surface area contributed by atoms with Gasteiger partial charge in [-0.1, -0.05) is 13.3 Å². The van der Waals surface area contributed by atoms with Crippen molar-refractivity contribution < 1.29 is 0 Å². The van der Waals surface area contributed by atoms with Crippen molar-refractivity contribution in [2.24, 2.45) is 17.8 Å². The van der Waals surface area contributed by atoms with Crippen LogP contribution < -0.4 is 15.5 Å². The number of thiocarbonyl (C=S) groups is 1. The highest BCUT2D eigenvalue weighted by Crippen LogP contribution is 2.44. The summed E-state index contributed by atoms with van der Waals surface area (Å²) in [5, 5.41) is 7.70. The number of nitrogens with zero attached hydrogens (tertiary/aromatic N) is 1. The van der Waals surface area contributed by atoms with E-state index >= 15 is 0 Å². The number of fused-ring (bicyclic) bond motifs is 2. The van der Waals surface area contributed by atoms with Crippen molar-refractivity contribution in [3.05, 3.63) is 24.3 Å². The van der Waals surface area contributed by atoms with Crippen LogP contribution in [-0.2, 0) is 0 Å². The number of nitrogens with one attached hydrogen (secondary N) is 2. The normalized spacial score (nSPS) is 29.7. The summed E-state index contributed by atoms with van der Waals surface area (Å²) >= 11 is 5.53. The van der Waals surface area contributed by atoms with Crippen molar-refractivity contribution in [2.75, 3.05) is 23.3 Å². The molecule has 1 saturated heterocycles. The molecule has 4 rings (SSSR count). The third-order valence-electron chi connectivity index (χ3n) is 6.33. The third kappa shape index (κ3) is 3.53. The Kier molecular flexibility index (Phi) is 4.66. The lowest BCUT2D eigenvalue weighted by molar-refractivity contribution is 0.392. The van der Waals surface area contributed by atoms with Crippen LogP contribution in [0.25, 0.3) is 0 Å². The summed E-state index contributed by atoms with van der Waals surface area (Å²) in [6.07, 6.45) is 8.13. The van der Waals surface area contributed by atoms with Gasteiger partial charge in [-0.15, -0.1) is 0 Å². The lowest BCUT2D eigenvalue weighted by Crippen LogP contribution is -2.40. The molecule has 2 bridgehead atoms. The Balaban J connectivity index is 1.29. The molecule has 3 nitrogen and oxygen atoms in total. The van der Waals surface area contributed by atoms with Gasteiger partial charge < -0.3 is 15.5 Å². The first-order valence-electron chi connectivity index (χ1n) is 9.60. The number of rotatable bonds is 3. The molecule has 0 radical (unpaired) electrons. The first-order valence-corrected chi connectivity index (χ1v) is 10.0. The first kappa shape index (κ1) is 16.2. The third-order valence-corrected chi connectivity index (χ3v) is 6.55. The van der Waals surface area contributed by atoms with Gasteiger partial charge in [-0.3, -0.25) is 0 Å². The van der Waals surface area contributed by atoms with Gasteiger partial charge in [0.2, 0.25) is 0 Å². The number of hydrogen-bond acceptors (Lipinski definition) is 2. The fourth-order valence-electron chi connectivity index (χ4n) is 4.78. The molecule has 1 aliphatic heterocycles. The van der Waals surface area contributed by atoms with Crippen molar-refractivity contribution >= 4 is 28.7 Å². The van der Waals surface area contributed by atoms with Gasteiger partial charge in [-0.2, -0.15) is 0 Å². The highest BCUT2D eigenvalue weighted by molar-refractivity contribution is 7.80. The molecule has 3 atom stereocenters. The van der Waals surface area contributed by atoms with Gasteiger partial charge >= 0.3 is 0 Å². The predicted octanol–water partition coefficient (Wildman–Crippen LogP) is 4.40. The summed E-state index contributed by atoms with van der Waals surface area (Å²) in [4.78, 5) is 2.50. The molecule has 2 saturated carbocycles. The highest BCUT2D eigenvalue weighted by Gasteiger charge is 2.39. The molecule has 0 aromatic heterocycles. The Labute approximate surface area is 151 Å². The van der Waals surface area contributed by atoms with Crippen molar-refractivity contribution in [3.63, 3.8) is 0 Å². The minimum atomic E-state index is 0.596. The summed E-state index contributed by atoms with van der Waals surface area (Å²) in [6, 6.07) is 9.35. The van der Waals surface area contributed by atoms with Crippen molar-refractivity contribution in [1.29, 1.82) is 0 Å². The van der Waals surface area contributed by atoms with E-state index in [0.717, 1.165) is 28.6 Å². The number of anilines is 2. The van der Waals surface area contributed by atoms with Gasteiger partial charge in [0.25, 0.3) is 0 Å². The number of hydrogen-bond donors (Lipinski definition) is 2. The minimum Gasteiger partial charge on any atom is -0.372 e. The van der Waals surface area contributed by atoms with E-state index in [2.05, 4.69) is 46.7 Å². The average Bonchev–Trinajstić information content (AvgIpc) is 3.19. The van der Waals surface area contributed by atoms with E-state index in [0.29, 0.717) is 6.04 Å². The van der Waals surface area contributed by atoms with E-state index in [4.69, 9.17) is 12.2 Å². The Morgan fingerprint density at radius 1 is 1.04 bits per heavy atom. The summed E-state index contributed by atoms with van der Waals surface area (Å²) in [7, 11) is 0. The van der Waals surface area contributed by atoms with Crippen LogP contribution in [0.15, 0.2) is 24.3 Å². The predicted molar refractivity (Wildman–Crippen MR) is 106 cm³/mol. The van der Waals surface area contributed by atoms with Crippen molar-refractivity contribution in [1.82, 2.24) is 5.32 Å². The zero-order chi connectivity index (χ0) is 16.5. The van der Waals surface area contributed by atoms with Crippen molar-refractivity contribution in [3.8, 4) is 0 Å². The van der Waals surface area contributed by atoms with Gasteiger partial charge in [0.1, 0.15) is 0 Å². The van der Waals surface area contributed by atoms with Crippen LogP contribution in [0.2, 0.25) is 0 Å².